The van der Waals surface area contributed by atoms with Gasteiger partial charge in [-0.3, -0.25) is 4.79 Å². The summed E-state index contributed by atoms with van der Waals surface area (Å²) in [4.78, 5) is 10.8. The third-order valence-electron chi connectivity index (χ3n) is 2.15. The molecule has 4 heteroatoms. The average Bonchev–Trinajstić information content (AvgIpc) is 2.47. The molecule has 0 aromatic carbocycles. The standard InChI is InChI=1S/C8H16N2O2/c1-10-8(11)5-12-7-3-2-6(9)4-7/h6-7H,2-5,9H2,1H3,(H,10,11). The van der Waals surface area contributed by atoms with E-state index < -0.39 is 0 Å². The minimum Gasteiger partial charge on any atom is -0.368 e. The first-order chi connectivity index (χ1) is 5.72. The molecule has 1 fully saturated rings. The molecule has 0 aromatic heterocycles. The second-order valence-electron chi connectivity index (χ2n) is 3.18. The normalized spacial score (nSPS) is 28.8. The Morgan fingerprint density at radius 3 is 2.92 bits per heavy atom. The summed E-state index contributed by atoms with van der Waals surface area (Å²) in [5.74, 6) is -0.0736. The van der Waals surface area contributed by atoms with E-state index in [1.807, 2.05) is 0 Å². The number of hydrogen-bond donors (Lipinski definition) is 2. The van der Waals surface area contributed by atoms with E-state index >= 15 is 0 Å². The first kappa shape index (κ1) is 9.48. The van der Waals surface area contributed by atoms with Gasteiger partial charge in [0, 0.05) is 13.1 Å². The van der Waals surface area contributed by atoms with Crippen LogP contribution in [0, 0.1) is 0 Å². The Balaban J connectivity index is 2.11. The monoisotopic (exact) mass is 172 g/mol. The van der Waals surface area contributed by atoms with Crippen molar-refractivity contribution in [3.05, 3.63) is 0 Å². The highest BCUT2D eigenvalue weighted by molar-refractivity contribution is 5.76. The van der Waals surface area contributed by atoms with Crippen LogP contribution in [0.5, 0.6) is 0 Å². The molecule has 1 saturated carbocycles. The van der Waals surface area contributed by atoms with E-state index in [-0.39, 0.29) is 24.7 Å². The van der Waals surface area contributed by atoms with Gasteiger partial charge in [-0.1, -0.05) is 0 Å². The molecule has 0 aromatic rings. The summed E-state index contributed by atoms with van der Waals surface area (Å²) in [5.41, 5.74) is 5.68. The van der Waals surface area contributed by atoms with Gasteiger partial charge in [0.15, 0.2) is 0 Å². The minimum atomic E-state index is -0.0736. The van der Waals surface area contributed by atoms with E-state index in [2.05, 4.69) is 5.32 Å². The van der Waals surface area contributed by atoms with Crippen molar-refractivity contribution in [2.75, 3.05) is 13.7 Å². The molecule has 0 heterocycles. The zero-order valence-electron chi connectivity index (χ0n) is 7.38. The summed E-state index contributed by atoms with van der Waals surface area (Å²) < 4.78 is 5.33. The molecule has 3 N–H and O–H groups in total. The number of carbonyl (C=O) groups excluding carboxylic acids is 1. The highest BCUT2D eigenvalue weighted by Gasteiger charge is 2.22. The topological polar surface area (TPSA) is 64.3 Å². The second kappa shape index (κ2) is 4.42. The average molecular weight is 172 g/mol. The Labute approximate surface area is 72.5 Å². The summed E-state index contributed by atoms with van der Waals surface area (Å²) in [7, 11) is 1.60. The third kappa shape index (κ3) is 2.79. The van der Waals surface area contributed by atoms with E-state index in [0.717, 1.165) is 19.3 Å². The zero-order chi connectivity index (χ0) is 8.97. The van der Waals surface area contributed by atoms with Crippen LogP contribution in [-0.2, 0) is 9.53 Å². The highest BCUT2D eigenvalue weighted by Crippen LogP contribution is 2.19. The van der Waals surface area contributed by atoms with Gasteiger partial charge in [-0.25, -0.2) is 0 Å². The van der Waals surface area contributed by atoms with Gasteiger partial charge in [0.05, 0.1) is 6.10 Å². The van der Waals surface area contributed by atoms with Crippen LogP contribution < -0.4 is 11.1 Å². The molecule has 0 spiro atoms. The largest absolute Gasteiger partial charge is 0.368 e. The number of carbonyl (C=O) groups is 1. The number of hydrogen-bond acceptors (Lipinski definition) is 3. The van der Waals surface area contributed by atoms with Crippen molar-refractivity contribution in [2.45, 2.75) is 31.4 Å². The van der Waals surface area contributed by atoms with E-state index in [4.69, 9.17) is 10.5 Å². The van der Waals surface area contributed by atoms with E-state index in [9.17, 15) is 4.79 Å². The molecule has 2 unspecified atom stereocenters. The van der Waals surface area contributed by atoms with Crippen molar-refractivity contribution in [1.82, 2.24) is 5.32 Å². The molecule has 1 aliphatic carbocycles. The van der Waals surface area contributed by atoms with Gasteiger partial charge in [-0.2, -0.15) is 0 Å². The van der Waals surface area contributed by atoms with E-state index in [0.29, 0.717) is 0 Å². The van der Waals surface area contributed by atoms with E-state index in [1.54, 1.807) is 7.05 Å². The molecule has 1 aliphatic rings. The Morgan fingerprint density at radius 1 is 1.67 bits per heavy atom. The molecular weight excluding hydrogens is 156 g/mol. The molecular formula is C8H16N2O2. The van der Waals surface area contributed by atoms with E-state index in [1.165, 1.54) is 0 Å². The van der Waals surface area contributed by atoms with Crippen molar-refractivity contribution >= 4 is 5.91 Å². The molecule has 1 amide bonds. The Hall–Kier alpha value is -0.610. The van der Waals surface area contributed by atoms with Gasteiger partial charge in [-0.05, 0) is 19.3 Å². The van der Waals surface area contributed by atoms with Crippen LogP contribution in [0.1, 0.15) is 19.3 Å². The van der Waals surface area contributed by atoms with Crippen molar-refractivity contribution in [3.63, 3.8) is 0 Å². The molecule has 0 radical (unpaired) electrons. The lowest BCUT2D eigenvalue weighted by molar-refractivity contribution is -0.127. The number of likely N-dealkylation sites (N-methyl/N-ethyl adjacent to an activating group) is 1. The molecule has 0 saturated heterocycles. The minimum absolute atomic E-state index is 0.0736. The maximum atomic E-state index is 10.8. The quantitative estimate of drug-likeness (QED) is 0.610. The van der Waals surface area contributed by atoms with Crippen molar-refractivity contribution in [2.24, 2.45) is 5.73 Å². The van der Waals surface area contributed by atoms with Crippen molar-refractivity contribution in [1.29, 1.82) is 0 Å². The smallest absolute Gasteiger partial charge is 0.245 e. The summed E-state index contributed by atoms with van der Waals surface area (Å²) in [6.07, 6.45) is 3.07. The van der Waals surface area contributed by atoms with Crippen LogP contribution in [0.4, 0.5) is 0 Å². The molecule has 12 heavy (non-hydrogen) atoms. The van der Waals surface area contributed by atoms with Gasteiger partial charge < -0.3 is 15.8 Å². The van der Waals surface area contributed by atoms with Crippen LogP contribution in [0.25, 0.3) is 0 Å². The van der Waals surface area contributed by atoms with Gasteiger partial charge in [0.2, 0.25) is 5.91 Å². The van der Waals surface area contributed by atoms with Crippen LogP contribution >= 0.6 is 0 Å². The molecule has 1 rings (SSSR count). The Kier molecular flexibility index (Phi) is 3.49. The maximum absolute atomic E-state index is 10.8. The number of rotatable bonds is 3. The highest BCUT2D eigenvalue weighted by atomic mass is 16.5. The number of nitrogens with one attached hydrogen (secondary N) is 1. The predicted molar refractivity (Wildman–Crippen MR) is 45.6 cm³/mol. The fourth-order valence-corrected chi connectivity index (χ4v) is 1.39. The van der Waals surface area contributed by atoms with Crippen LogP contribution in [0.2, 0.25) is 0 Å². The fraction of sp³-hybridized carbons (Fsp3) is 0.875. The molecule has 0 bridgehead atoms. The van der Waals surface area contributed by atoms with Gasteiger partial charge in [-0.15, -0.1) is 0 Å². The molecule has 4 nitrogen and oxygen atoms in total. The van der Waals surface area contributed by atoms with Crippen LogP contribution in [0.3, 0.4) is 0 Å². The summed E-state index contributed by atoms with van der Waals surface area (Å²) in [6, 6.07) is 0.264. The number of nitrogens with two attached hydrogens (primary N) is 1. The lowest BCUT2D eigenvalue weighted by Gasteiger charge is -2.09. The molecule has 2 atom stereocenters. The number of amides is 1. The van der Waals surface area contributed by atoms with Crippen molar-refractivity contribution < 1.29 is 9.53 Å². The van der Waals surface area contributed by atoms with Crippen LogP contribution in [-0.4, -0.2) is 31.7 Å². The first-order valence-corrected chi connectivity index (χ1v) is 4.30. The van der Waals surface area contributed by atoms with Gasteiger partial charge in [0.1, 0.15) is 6.61 Å². The first-order valence-electron chi connectivity index (χ1n) is 4.30. The molecule has 0 aliphatic heterocycles. The lowest BCUT2D eigenvalue weighted by atomic mass is 10.3. The number of ether oxygens (including phenoxy) is 1. The predicted octanol–water partition coefficient (Wildman–Crippen LogP) is -0.371. The Morgan fingerprint density at radius 2 is 2.42 bits per heavy atom. The van der Waals surface area contributed by atoms with Gasteiger partial charge >= 0.3 is 0 Å². The molecule has 70 valence electrons. The SMILES string of the molecule is CNC(=O)COC1CCC(N)C1. The maximum Gasteiger partial charge on any atom is 0.245 e. The third-order valence-corrected chi connectivity index (χ3v) is 2.15. The summed E-state index contributed by atoms with van der Waals surface area (Å²) in [5, 5.41) is 2.50. The Bertz CT molecular complexity index is 161. The summed E-state index contributed by atoms with van der Waals surface area (Å²) in [6.45, 7) is 0.161. The lowest BCUT2D eigenvalue weighted by Crippen LogP contribution is -2.26. The zero-order valence-corrected chi connectivity index (χ0v) is 7.38. The fourth-order valence-electron chi connectivity index (χ4n) is 1.39. The second-order valence-corrected chi connectivity index (χ2v) is 3.18. The van der Waals surface area contributed by atoms with Crippen molar-refractivity contribution in [3.8, 4) is 0 Å². The van der Waals surface area contributed by atoms with Crippen LogP contribution in [0.15, 0.2) is 0 Å². The summed E-state index contributed by atoms with van der Waals surface area (Å²) >= 11 is 0. The van der Waals surface area contributed by atoms with Gasteiger partial charge in [0.25, 0.3) is 0 Å².